The molecule has 0 spiro atoms. The van der Waals surface area contributed by atoms with Gasteiger partial charge in [-0.1, -0.05) is 76.1 Å². The molecule has 2 rings (SSSR count). The molecule has 0 saturated heterocycles. The van der Waals surface area contributed by atoms with E-state index in [-0.39, 0.29) is 0 Å². The number of rotatable bonds is 7. The summed E-state index contributed by atoms with van der Waals surface area (Å²) in [6, 6.07) is 16.1. The van der Waals surface area contributed by atoms with Gasteiger partial charge in [0.05, 0.1) is 0 Å². The minimum Gasteiger partial charge on any atom is -0.314 e. The second-order valence-electron chi connectivity index (χ2n) is 5.63. The standard InChI is InChI=1S/C19H27N/c1-4-16(5-2)19(20-6-3)14-15-11-12-17-9-7-8-10-18(17)13-15/h7-13,16,19-20H,4-6,14H2,1-3H3. The third-order valence-corrected chi connectivity index (χ3v) is 4.35. The van der Waals surface area contributed by atoms with Gasteiger partial charge in [-0.2, -0.15) is 0 Å². The van der Waals surface area contributed by atoms with E-state index in [1.165, 1.54) is 29.2 Å². The van der Waals surface area contributed by atoms with Crippen LogP contribution in [0.15, 0.2) is 42.5 Å². The molecule has 0 aliphatic heterocycles. The average Bonchev–Trinajstić information content (AvgIpc) is 2.48. The molecule has 2 aromatic rings. The van der Waals surface area contributed by atoms with Crippen LogP contribution < -0.4 is 5.32 Å². The van der Waals surface area contributed by atoms with Crippen LogP contribution in [0.5, 0.6) is 0 Å². The van der Waals surface area contributed by atoms with Crippen molar-refractivity contribution in [2.45, 2.75) is 46.1 Å². The fraction of sp³-hybridized carbons (Fsp3) is 0.474. The third-order valence-electron chi connectivity index (χ3n) is 4.35. The summed E-state index contributed by atoms with van der Waals surface area (Å²) in [5.74, 6) is 0.765. The molecule has 0 heterocycles. The highest BCUT2D eigenvalue weighted by Crippen LogP contribution is 2.21. The summed E-state index contributed by atoms with van der Waals surface area (Å²) < 4.78 is 0. The third kappa shape index (κ3) is 3.61. The first kappa shape index (κ1) is 15.1. The molecule has 1 heteroatoms. The molecule has 0 aromatic heterocycles. The van der Waals surface area contributed by atoms with E-state index in [0.717, 1.165) is 18.9 Å². The Morgan fingerprint density at radius 3 is 2.25 bits per heavy atom. The van der Waals surface area contributed by atoms with Crippen molar-refractivity contribution in [2.75, 3.05) is 6.54 Å². The van der Waals surface area contributed by atoms with Crippen molar-refractivity contribution in [3.63, 3.8) is 0 Å². The summed E-state index contributed by atoms with van der Waals surface area (Å²) >= 11 is 0. The van der Waals surface area contributed by atoms with Gasteiger partial charge in [-0.05, 0) is 35.2 Å². The first-order chi connectivity index (χ1) is 9.78. The molecule has 0 fully saturated rings. The minimum absolute atomic E-state index is 0.594. The van der Waals surface area contributed by atoms with Crippen LogP contribution >= 0.6 is 0 Å². The van der Waals surface area contributed by atoms with Gasteiger partial charge >= 0.3 is 0 Å². The molecule has 0 amide bonds. The van der Waals surface area contributed by atoms with Gasteiger partial charge in [0, 0.05) is 6.04 Å². The van der Waals surface area contributed by atoms with Crippen LogP contribution in [-0.4, -0.2) is 12.6 Å². The van der Waals surface area contributed by atoms with Crippen molar-refractivity contribution in [3.8, 4) is 0 Å². The maximum absolute atomic E-state index is 3.68. The van der Waals surface area contributed by atoms with Crippen LogP contribution in [0, 0.1) is 5.92 Å². The molecule has 0 aliphatic carbocycles. The molecule has 2 aromatic carbocycles. The van der Waals surface area contributed by atoms with E-state index < -0.39 is 0 Å². The SMILES string of the molecule is CCNC(Cc1ccc2ccccc2c1)C(CC)CC. The average molecular weight is 269 g/mol. The Labute approximate surface area is 123 Å². The first-order valence-electron chi connectivity index (χ1n) is 7.99. The Bertz CT molecular complexity index is 528. The Morgan fingerprint density at radius 2 is 1.60 bits per heavy atom. The predicted octanol–water partition coefficient (Wildman–Crippen LogP) is 4.80. The fourth-order valence-corrected chi connectivity index (χ4v) is 3.15. The number of fused-ring (bicyclic) bond motifs is 1. The van der Waals surface area contributed by atoms with Gasteiger partial charge in [0.2, 0.25) is 0 Å². The van der Waals surface area contributed by atoms with Crippen LogP contribution in [0.4, 0.5) is 0 Å². The predicted molar refractivity (Wildman–Crippen MR) is 89.2 cm³/mol. The maximum Gasteiger partial charge on any atom is 0.0135 e. The monoisotopic (exact) mass is 269 g/mol. The summed E-state index contributed by atoms with van der Waals surface area (Å²) in [4.78, 5) is 0. The first-order valence-corrected chi connectivity index (χ1v) is 7.99. The second kappa shape index (κ2) is 7.44. The molecule has 1 unspecified atom stereocenters. The fourth-order valence-electron chi connectivity index (χ4n) is 3.15. The highest BCUT2D eigenvalue weighted by Gasteiger charge is 2.17. The van der Waals surface area contributed by atoms with Gasteiger partial charge in [0.25, 0.3) is 0 Å². The number of hydrogen-bond acceptors (Lipinski definition) is 1. The lowest BCUT2D eigenvalue weighted by Crippen LogP contribution is -2.37. The molecule has 1 atom stereocenters. The van der Waals surface area contributed by atoms with E-state index in [0.29, 0.717) is 6.04 Å². The molecular weight excluding hydrogens is 242 g/mol. The van der Waals surface area contributed by atoms with Gasteiger partial charge < -0.3 is 5.32 Å². The maximum atomic E-state index is 3.68. The van der Waals surface area contributed by atoms with E-state index >= 15 is 0 Å². The Morgan fingerprint density at radius 1 is 0.900 bits per heavy atom. The highest BCUT2D eigenvalue weighted by atomic mass is 14.9. The van der Waals surface area contributed by atoms with Crippen LogP contribution in [-0.2, 0) is 6.42 Å². The van der Waals surface area contributed by atoms with Crippen molar-refractivity contribution in [3.05, 3.63) is 48.0 Å². The van der Waals surface area contributed by atoms with Gasteiger partial charge in [-0.15, -0.1) is 0 Å². The summed E-state index contributed by atoms with van der Waals surface area (Å²) in [5, 5.41) is 6.36. The van der Waals surface area contributed by atoms with Crippen LogP contribution in [0.2, 0.25) is 0 Å². The molecule has 0 radical (unpaired) electrons. The van der Waals surface area contributed by atoms with Crippen molar-refractivity contribution in [1.29, 1.82) is 0 Å². The van der Waals surface area contributed by atoms with E-state index in [2.05, 4.69) is 68.6 Å². The topological polar surface area (TPSA) is 12.0 Å². The smallest absolute Gasteiger partial charge is 0.0135 e. The van der Waals surface area contributed by atoms with Gasteiger partial charge in [-0.25, -0.2) is 0 Å². The van der Waals surface area contributed by atoms with Crippen molar-refractivity contribution < 1.29 is 0 Å². The number of benzene rings is 2. The number of hydrogen-bond donors (Lipinski definition) is 1. The Balaban J connectivity index is 2.19. The van der Waals surface area contributed by atoms with Gasteiger partial charge in [-0.3, -0.25) is 0 Å². The van der Waals surface area contributed by atoms with Crippen molar-refractivity contribution >= 4 is 10.8 Å². The highest BCUT2D eigenvalue weighted by molar-refractivity contribution is 5.82. The number of likely N-dealkylation sites (N-methyl/N-ethyl adjacent to an activating group) is 1. The summed E-state index contributed by atoms with van der Waals surface area (Å²) in [7, 11) is 0. The molecule has 0 aliphatic rings. The number of nitrogens with one attached hydrogen (secondary N) is 1. The van der Waals surface area contributed by atoms with Crippen molar-refractivity contribution in [1.82, 2.24) is 5.32 Å². The normalized spacial score (nSPS) is 13.0. The lowest BCUT2D eigenvalue weighted by molar-refractivity contribution is 0.337. The van der Waals surface area contributed by atoms with E-state index in [1.54, 1.807) is 0 Å². The molecule has 1 nitrogen and oxygen atoms in total. The van der Waals surface area contributed by atoms with Gasteiger partial charge in [0.15, 0.2) is 0 Å². The quantitative estimate of drug-likeness (QED) is 0.761. The largest absolute Gasteiger partial charge is 0.314 e. The molecule has 1 N–H and O–H groups in total. The second-order valence-corrected chi connectivity index (χ2v) is 5.63. The van der Waals surface area contributed by atoms with E-state index in [9.17, 15) is 0 Å². The molecule has 0 saturated carbocycles. The molecule has 20 heavy (non-hydrogen) atoms. The Kier molecular flexibility index (Phi) is 5.60. The zero-order valence-corrected chi connectivity index (χ0v) is 13.0. The Hall–Kier alpha value is -1.34. The zero-order chi connectivity index (χ0) is 14.4. The minimum atomic E-state index is 0.594. The van der Waals surface area contributed by atoms with Crippen LogP contribution in [0.25, 0.3) is 10.8 Å². The van der Waals surface area contributed by atoms with E-state index in [4.69, 9.17) is 0 Å². The summed E-state index contributed by atoms with van der Waals surface area (Å²) in [6.07, 6.45) is 3.63. The van der Waals surface area contributed by atoms with E-state index in [1.807, 2.05) is 0 Å². The van der Waals surface area contributed by atoms with Crippen LogP contribution in [0.1, 0.15) is 39.2 Å². The van der Waals surface area contributed by atoms with Crippen molar-refractivity contribution in [2.24, 2.45) is 5.92 Å². The molecule has 0 bridgehead atoms. The lowest BCUT2D eigenvalue weighted by Gasteiger charge is -2.26. The van der Waals surface area contributed by atoms with Gasteiger partial charge in [0.1, 0.15) is 0 Å². The summed E-state index contributed by atoms with van der Waals surface area (Å²) in [6.45, 7) is 7.86. The van der Waals surface area contributed by atoms with Crippen LogP contribution in [0.3, 0.4) is 0 Å². The molecule has 108 valence electrons. The molecular formula is C19H27N. The zero-order valence-electron chi connectivity index (χ0n) is 13.0. The summed E-state index contributed by atoms with van der Waals surface area (Å²) in [5.41, 5.74) is 1.45. The lowest BCUT2D eigenvalue weighted by atomic mass is 9.89.